The third-order valence-electron chi connectivity index (χ3n) is 1.60. The van der Waals surface area contributed by atoms with Gasteiger partial charge in [0.1, 0.15) is 0 Å². The van der Waals surface area contributed by atoms with Gasteiger partial charge < -0.3 is 0 Å². The van der Waals surface area contributed by atoms with E-state index in [-0.39, 0.29) is 17.3 Å². The molecule has 0 unspecified atom stereocenters. The van der Waals surface area contributed by atoms with E-state index in [1.54, 1.807) is 6.92 Å². The summed E-state index contributed by atoms with van der Waals surface area (Å²) in [7, 11) is -3.72. The Bertz CT molecular complexity index is 443. The SMILES string of the molecule is C.Cc1c(S(N)(=O)=O)ccc(Cl)c1Cl. The summed E-state index contributed by atoms with van der Waals surface area (Å²) in [6.45, 7) is 1.55. The molecule has 0 aliphatic heterocycles. The van der Waals surface area contributed by atoms with Crippen molar-refractivity contribution in [3.05, 3.63) is 27.7 Å². The Balaban J connectivity index is 0.00000169. The molecule has 2 N–H and O–H groups in total. The van der Waals surface area contributed by atoms with Crippen molar-refractivity contribution < 1.29 is 8.42 Å². The number of primary sulfonamides is 1. The Morgan fingerprint density at radius 3 is 2.21 bits per heavy atom. The Morgan fingerprint density at radius 2 is 1.79 bits per heavy atom. The molecule has 6 heteroatoms. The van der Waals surface area contributed by atoms with Crippen LogP contribution in [0.3, 0.4) is 0 Å². The van der Waals surface area contributed by atoms with Crippen molar-refractivity contribution in [2.75, 3.05) is 0 Å². The van der Waals surface area contributed by atoms with Gasteiger partial charge in [0.15, 0.2) is 0 Å². The van der Waals surface area contributed by atoms with Crippen LogP contribution in [-0.2, 0) is 10.0 Å². The quantitative estimate of drug-likeness (QED) is 0.839. The first-order valence-corrected chi connectivity index (χ1v) is 5.61. The molecule has 80 valence electrons. The molecule has 0 heterocycles. The molecule has 0 atom stereocenters. The van der Waals surface area contributed by atoms with Gasteiger partial charge in [-0.05, 0) is 24.6 Å². The van der Waals surface area contributed by atoms with Gasteiger partial charge in [-0.25, -0.2) is 13.6 Å². The first kappa shape index (κ1) is 13.7. The Hall–Kier alpha value is -0.290. The summed E-state index contributed by atoms with van der Waals surface area (Å²) >= 11 is 11.4. The minimum atomic E-state index is -3.72. The molecule has 14 heavy (non-hydrogen) atoms. The average molecular weight is 256 g/mol. The maximum Gasteiger partial charge on any atom is 0.238 e. The van der Waals surface area contributed by atoms with Gasteiger partial charge in [0, 0.05) is 0 Å². The van der Waals surface area contributed by atoms with Crippen molar-refractivity contribution >= 4 is 33.2 Å². The standard InChI is InChI=1S/C7H7Cl2NO2S.CH4/c1-4-6(13(10,11)12)3-2-5(8)7(4)9;/h2-3H,1H3,(H2,10,11,12);1H4. The minimum absolute atomic E-state index is 0. The lowest BCUT2D eigenvalue weighted by atomic mass is 10.2. The largest absolute Gasteiger partial charge is 0.238 e. The summed E-state index contributed by atoms with van der Waals surface area (Å²) < 4.78 is 22.0. The van der Waals surface area contributed by atoms with E-state index in [4.69, 9.17) is 28.3 Å². The summed E-state index contributed by atoms with van der Waals surface area (Å²) in [5.74, 6) is 0. The maximum atomic E-state index is 11.0. The number of benzene rings is 1. The monoisotopic (exact) mass is 255 g/mol. The smallest absolute Gasteiger partial charge is 0.225 e. The van der Waals surface area contributed by atoms with Gasteiger partial charge >= 0.3 is 0 Å². The van der Waals surface area contributed by atoms with E-state index in [0.29, 0.717) is 10.6 Å². The molecule has 0 fully saturated rings. The highest BCUT2D eigenvalue weighted by Gasteiger charge is 2.14. The van der Waals surface area contributed by atoms with E-state index in [1.807, 2.05) is 0 Å². The molecule has 0 saturated carbocycles. The molecular weight excluding hydrogens is 245 g/mol. The van der Waals surface area contributed by atoms with E-state index in [0.717, 1.165) is 0 Å². The number of sulfonamides is 1. The average Bonchev–Trinajstić information content (AvgIpc) is 1.98. The molecule has 0 bridgehead atoms. The summed E-state index contributed by atoms with van der Waals surface area (Å²) in [4.78, 5) is 0.00176. The van der Waals surface area contributed by atoms with E-state index < -0.39 is 10.0 Å². The molecule has 0 aromatic heterocycles. The Labute approximate surface area is 93.9 Å². The van der Waals surface area contributed by atoms with Crippen molar-refractivity contribution in [1.29, 1.82) is 0 Å². The van der Waals surface area contributed by atoms with Crippen LogP contribution in [-0.4, -0.2) is 8.42 Å². The molecule has 0 aliphatic rings. The van der Waals surface area contributed by atoms with Gasteiger partial charge in [-0.3, -0.25) is 0 Å². The fourth-order valence-corrected chi connectivity index (χ4v) is 2.15. The molecule has 0 spiro atoms. The first-order chi connectivity index (χ1) is 5.84. The molecular formula is C8H11Cl2NO2S. The lowest BCUT2D eigenvalue weighted by molar-refractivity contribution is 0.597. The maximum absolute atomic E-state index is 11.0. The third kappa shape index (κ3) is 2.60. The van der Waals surface area contributed by atoms with Crippen LogP contribution in [0.4, 0.5) is 0 Å². The summed E-state index contributed by atoms with van der Waals surface area (Å²) in [5.41, 5.74) is 0.372. The van der Waals surface area contributed by atoms with Crippen LogP contribution in [0.15, 0.2) is 17.0 Å². The van der Waals surface area contributed by atoms with Gasteiger partial charge in [0.25, 0.3) is 0 Å². The predicted octanol–water partition coefficient (Wildman–Crippen LogP) is 2.59. The fourth-order valence-electron chi connectivity index (χ4n) is 0.943. The zero-order valence-corrected chi connectivity index (χ0v) is 9.04. The van der Waals surface area contributed by atoms with Crippen molar-refractivity contribution in [3.63, 3.8) is 0 Å². The number of halogens is 2. The molecule has 0 amide bonds. The van der Waals surface area contributed by atoms with Crippen LogP contribution in [0.1, 0.15) is 13.0 Å². The Kier molecular flexibility index (Phi) is 4.39. The van der Waals surface area contributed by atoms with Gasteiger partial charge in [0.2, 0.25) is 10.0 Å². The van der Waals surface area contributed by atoms with Gasteiger partial charge in [-0.15, -0.1) is 0 Å². The van der Waals surface area contributed by atoms with Crippen molar-refractivity contribution in [1.82, 2.24) is 0 Å². The van der Waals surface area contributed by atoms with Crippen LogP contribution in [0.2, 0.25) is 10.0 Å². The Morgan fingerprint density at radius 1 is 1.29 bits per heavy atom. The second-order valence-electron chi connectivity index (χ2n) is 2.53. The first-order valence-electron chi connectivity index (χ1n) is 3.31. The molecule has 1 aromatic carbocycles. The fraction of sp³-hybridized carbons (Fsp3) is 0.250. The lowest BCUT2D eigenvalue weighted by Crippen LogP contribution is -2.13. The van der Waals surface area contributed by atoms with Crippen LogP contribution in [0.25, 0.3) is 0 Å². The topological polar surface area (TPSA) is 60.2 Å². The summed E-state index contributed by atoms with van der Waals surface area (Å²) in [6, 6.07) is 2.73. The zero-order valence-electron chi connectivity index (χ0n) is 6.71. The molecule has 1 aromatic rings. The van der Waals surface area contributed by atoms with Crippen molar-refractivity contribution in [3.8, 4) is 0 Å². The number of hydrogen-bond acceptors (Lipinski definition) is 2. The van der Waals surface area contributed by atoms with Gasteiger partial charge in [0.05, 0.1) is 14.9 Å². The zero-order chi connectivity index (χ0) is 10.2. The number of hydrogen-bond donors (Lipinski definition) is 1. The molecule has 0 aliphatic carbocycles. The van der Waals surface area contributed by atoms with Crippen LogP contribution in [0, 0.1) is 6.92 Å². The van der Waals surface area contributed by atoms with Crippen molar-refractivity contribution in [2.45, 2.75) is 19.2 Å². The minimum Gasteiger partial charge on any atom is -0.225 e. The summed E-state index contributed by atoms with van der Waals surface area (Å²) in [5, 5.41) is 5.47. The van der Waals surface area contributed by atoms with Crippen LogP contribution in [0.5, 0.6) is 0 Å². The number of rotatable bonds is 1. The second kappa shape index (κ2) is 4.49. The lowest BCUT2D eigenvalue weighted by Gasteiger charge is -2.05. The van der Waals surface area contributed by atoms with Gasteiger partial charge in [-0.1, -0.05) is 30.6 Å². The molecule has 0 radical (unpaired) electrons. The van der Waals surface area contributed by atoms with E-state index in [1.165, 1.54) is 12.1 Å². The normalized spacial score (nSPS) is 10.9. The predicted molar refractivity (Wildman–Crippen MR) is 59.3 cm³/mol. The molecule has 0 saturated heterocycles. The van der Waals surface area contributed by atoms with Crippen LogP contribution < -0.4 is 5.14 Å². The highest BCUT2D eigenvalue weighted by Crippen LogP contribution is 2.29. The van der Waals surface area contributed by atoms with Crippen molar-refractivity contribution in [2.24, 2.45) is 5.14 Å². The van der Waals surface area contributed by atoms with Crippen LogP contribution >= 0.6 is 23.2 Å². The summed E-state index contributed by atoms with van der Waals surface area (Å²) in [6.07, 6.45) is 0. The second-order valence-corrected chi connectivity index (χ2v) is 4.84. The number of nitrogens with two attached hydrogens (primary N) is 1. The molecule has 3 nitrogen and oxygen atoms in total. The third-order valence-corrected chi connectivity index (χ3v) is 3.55. The van der Waals surface area contributed by atoms with E-state index >= 15 is 0 Å². The highest BCUT2D eigenvalue weighted by atomic mass is 35.5. The highest BCUT2D eigenvalue weighted by molar-refractivity contribution is 7.89. The van der Waals surface area contributed by atoms with Gasteiger partial charge in [-0.2, -0.15) is 0 Å². The van der Waals surface area contributed by atoms with E-state index in [9.17, 15) is 8.42 Å². The van der Waals surface area contributed by atoms with E-state index in [2.05, 4.69) is 0 Å². The molecule has 1 rings (SSSR count).